The summed E-state index contributed by atoms with van der Waals surface area (Å²) in [5.74, 6) is 1.32. The number of rotatable bonds is 4. The van der Waals surface area contributed by atoms with Crippen molar-refractivity contribution in [2.45, 2.75) is 26.2 Å². The van der Waals surface area contributed by atoms with Crippen LogP contribution in [0.4, 0.5) is 16.3 Å². The number of urea groups is 1. The molecule has 2 amide bonds. The third-order valence-electron chi connectivity index (χ3n) is 4.75. The Morgan fingerprint density at radius 1 is 1.07 bits per heavy atom. The Kier molecular flexibility index (Phi) is 4.91. The zero-order valence-corrected chi connectivity index (χ0v) is 17.4. The molecule has 30 heavy (non-hydrogen) atoms. The lowest BCUT2D eigenvalue weighted by Gasteiger charge is -2.13. The first-order valence-corrected chi connectivity index (χ1v) is 9.59. The minimum atomic E-state index is -0.341. The maximum Gasteiger partial charge on any atom is 0.324 e. The summed E-state index contributed by atoms with van der Waals surface area (Å²) in [6.07, 6.45) is 1.77. The number of nitrogens with zero attached hydrogens (tertiary/aromatic N) is 3. The van der Waals surface area contributed by atoms with Crippen molar-refractivity contribution in [3.8, 4) is 11.4 Å². The lowest BCUT2D eigenvalue weighted by atomic mass is 9.92. The minimum Gasteiger partial charge on any atom is -0.497 e. The van der Waals surface area contributed by atoms with Gasteiger partial charge in [-0.1, -0.05) is 20.8 Å². The Morgan fingerprint density at radius 3 is 2.50 bits per heavy atom. The molecule has 0 unspecified atom stereocenters. The zero-order chi connectivity index (χ0) is 21.3. The van der Waals surface area contributed by atoms with Crippen molar-refractivity contribution in [1.82, 2.24) is 19.7 Å². The highest BCUT2D eigenvalue weighted by Crippen LogP contribution is 2.24. The number of hydrogen-bond acceptors (Lipinski definition) is 4. The summed E-state index contributed by atoms with van der Waals surface area (Å²) in [5, 5.41) is 12.7. The molecule has 0 atom stereocenters. The van der Waals surface area contributed by atoms with Gasteiger partial charge in [-0.3, -0.25) is 15.0 Å². The highest BCUT2D eigenvalue weighted by atomic mass is 16.5. The number of benzene rings is 2. The van der Waals surface area contributed by atoms with Crippen molar-refractivity contribution < 1.29 is 9.53 Å². The largest absolute Gasteiger partial charge is 0.497 e. The lowest BCUT2D eigenvalue weighted by Crippen LogP contribution is -2.19. The van der Waals surface area contributed by atoms with Crippen LogP contribution in [0.25, 0.3) is 16.7 Å². The molecule has 154 valence electrons. The van der Waals surface area contributed by atoms with E-state index < -0.39 is 0 Å². The Hall–Kier alpha value is -3.81. The second-order valence-corrected chi connectivity index (χ2v) is 8.01. The van der Waals surface area contributed by atoms with Crippen molar-refractivity contribution in [2.24, 2.45) is 0 Å². The molecule has 0 fully saturated rings. The monoisotopic (exact) mass is 404 g/mol. The lowest BCUT2D eigenvalue weighted by molar-refractivity contribution is 0.262. The average Bonchev–Trinajstić information content (AvgIpc) is 3.35. The van der Waals surface area contributed by atoms with E-state index >= 15 is 0 Å². The predicted octanol–water partition coefficient (Wildman–Crippen LogP) is 4.70. The van der Waals surface area contributed by atoms with Crippen LogP contribution in [-0.2, 0) is 5.41 Å². The maximum atomic E-state index is 12.3. The van der Waals surface area contributed by atoms with Crippen LogP contribution in [0.5, 0.6) is 5.75 Å². The number of hydrogen-bond donors (Lipinski definition) is 3. The van der Waals surface area contributed by atoms with Gasteiger partial charge in [0.25, 0.3) is 0 Å². The van der Waals surface area contributed by atoms with Crippen molar-refractivity contribution >= 4 is 28.6 Å². The molecule has 8 heteroatoms. The summed E-state index contributed by atoms with van der Waals surface area (Å²) in [7, 11) is 1.63. The van der Waals surface area contributed by atoms with Crippen molar-refractivity contribution in [1.29, 1.82) is 0 Å². The van der Waals surface area contributed by atoms with Gasteiger partial charge in [0, 0.05) is 28.9 Å². The van der Waals surface area contributed by atoms with E-state index in [-0.39, 0.29) is 11.4 Å². The van der Waals surface area contributed by atoms with Gasteiger partial charge in [-0.05, 0) is 36.4 Å². The fraction of sp³-hybridized carbons (Fsp3) is 0.227. The van der Waals surface area contributed by atoms with E-state index in [0.717, 1.165) is 28.2 Å². The molecule has 0 spiro atoms. The molecule has 2 aromatic heterocycles. The quantitative estimate of drug-likeness (QED) is 0.459. The van der Waals surface area contributed by atoms with Gasteiger partial charge >= 0.3 is 6.03 Å². The van der Waals surface area contributed by atoms with Gasteiger partial charge in [0.2, 0.25) is 0 Å². The van der Waals surface area contributed by atoms with E-state index in [2.05, 4.69) is 46.6 Å². The number of aromatic amines is 1. The van der Waals surface area contributed by atoms with Crippen LogP contribution in [0.15, 0.2) is 54.9 Å². The first kappa shape index (κ1) is 19.5. The topological polar surface area (TPSA) is 96.9 Å². The second kappa shape index (κ2) is 7.55. The Balaban J connectivity index is 1.45. The van der Waals surface area contributed by atoms with E-state index in [1.54, 1.807) is 13.4 Å². The molecular formula is C22H24N6O2. The van der Waals surface area contributed by atoms with Crippen molar-refractivity contribution in [2.75, 3.05) is 17.7 Å². The third kappa shape index (κ3) is 3.98. The number of anilines is 2. The van der Waals surface area contributed by atoms with Crippen LogP contribution >= 0.6 is 0 Å². The molecule has 3 N–H and O–H groups in total. The second-order valence-electron chi connectivity index (χ2n) is 8.01. The summed E-state index contributed by atoms with van der Waals surface area (Å²) >= 11 is 0. The molecule has 2 heterocycles. The number of amides is 2. The first-order chi connectivity index (χ1) is 14.3. The zero-order valence-electron chi connectivity index (χ0n) is 17.4. The first-order valence-electron chi connectivity index (χ1n) is 9.59. The van der Waals surface area contributed by atoms with Gasteiger partial charge in [0.1, 0.15) is 17.9 Å². The smallest absolute Gasteiger partial charge is 0.324 e. The molecule has 0 aliphatic rings. The average molecular weight is 404 g/mol. The SMILES string of the molecule is COc1ccc2c(c1)ncn2-c1ccc(NC(=O)Nc2cc(C(C)(C)C)n[nH]2)cc1. The van der Waals surface area contributed by atoms with Gasteiger partial charge in [-0.2, -0.15) is 5.10 Å². The molecular weight excluding hydrogens is 380 g/mol. The molecule has 0 aliphatic carbocycles. The number of ether oxygens (including phenoxy) is 1. The number of nitrogens with one attached hydrogen (secondary N) is 3. The normalized spacial score (nSPS) is 11.5. The van der Waals surface area contributed by atoms with Crippen LogP contribution in [-0.4, -0.2) is 32.9 Å². The standard InChI is InChI=1S/C22H24N6O2/c1-22(2,3)19-12-20(27-26-19)25-21(29)24-14-5-7-15(8-6-14)28-13-23-17-11-16(30-4)9-10-18(17)28/h5-13H,1-4H3,(H3,24,25,26,27,29). The molecule has 0 radical (unpaired) electrons. The molecule has 4 rings (SSSR count). The predicted molar refractivity (Wildman–Crippen MR) is 118 cm³/mol. The number of methoxy groups -OCH3 is 1. The molecule has 0 saturated heterocycles. The van der Waals surface area contributed by atoms with Crippen LogP contribution in [0.3, 0.4) is 0 Å². The molecule has 4 aromatic rings. The Bertz CT molecular complexity index is 1180. The fourth-order valence-corrected chi connectivity index (χ4v) is 3.09. The van der Waals surface area contributed by atoms with E-state index in [9.17, 15) is 4.79 Å². The summed E-state index contributed by atoms with van der Waals surface area (Å²) in [5.41, 5.74) is 4.24. The minimum absolute atomic E-state index is 0.0919. The van der Waals surface area contributed by atoms with Gasteiger partial charge in [-0.25, -0.2) is 9.78 Å². The number of imidazole rings is 1. The number of aromatic nitrogens is 4. The van der Waals surface area contributed by atoms with E-state index in [0.29, 0.717) is 11.5 Å². The summed E-state index contributed by atoms with van der Waals surface area (Å²) in [6.45, 7) is 6.19. The van der Waals surface area contributed by atoms with Crippen molar-refractivity contribution in [3.05, 3.63) is 60.6 Å². The van der Waals surface area contributed by atoms with Crippen molar-refractivity contribution in [3.63, 3.8) is 0 Å². The van der Waals surface area contributed by atoms with Gasteiger partial charge in [-0.15, -0.1) is 0 Å². The van der Waals surface area contributed by atoms with Crippen LogP contribution in [0.1, 0.15) is 26.5 Å². The van der Waals surface area contributed by atoms with Gasteiger partial charge in [0.15, 0.2) is 0 Å². The number of H-pyrrole nitrogens is 1. The number of carbonyl (C=O) groups excluding carboxylic acids is 1. The summed E-state index contributed by atoms with van der Waals surface area (Å²) < 4.78 is 7.23. The van der Waals surface area contributed by atoms with Crippen LogP contribution in [0.2, 0.25) is 0 Å². The third-order valence-corrected chi connectivity index (χ3v) is 4.75. The van der Waals surface area contributed by atoms with E-state index in [1.807, 2.05) is 53.1 Å². The highest BCUT2D eigenvalue weighted by Gasteiger charge is 2.18. The molecule has 0 bridgehead atoms. The maximum absolute atomic E-state index is 12.3. The van der Waals surface area contributed by atoms with E-state index in [4.69, 9.17) is 4.74 Å². The fourth-order valence-electron chi connectivity index (χ4n) is 3.09. The number of carbonyl (C=O) groups is 1. The van der Waals surface area contributed by atoms with Crippen LogP contribution < -0.4 is 15.4 Å². The molecule has 2 aromatic carbocycles. The Morgan fingerprint density at radius 2 is 1.83 bits per heavy atom. The summed E-state index contributed by atoms with van der Waals surface area (Å²) in [6, 6.07) is 14.8. The molecule has 0 saturated carbocycles. The summed E-state index contributed by atoms with van der Waals surface area (Å²) in [4.78, 5) is 16.7. The molecule has 8 nitrogen and oxygen atoms in total. The van der Waals surface area contributed by atoms with Crippen LogP contribution in [0, 0.1) is 0 Å². The van der Waals surface area contributed by atoms with E-state index in [1.165, 1.54) is 0 Å². The highest BCUT2D eigenvalue weighted by molar-refractivity contribution is 5.99. The Labute approximate surface area is 174 Å². The van der Waals surface area contributed by atoms with Gasteiger partial charge < -0.3 is 10.1 Å². The number of fused-ring (bicyclic) bond motifs is 1. The van der Waals surface area contributed by atoms with Gasteiger partial charge in [0.05, 0.1) is 23.8 Å². The molecule has 0 aliphatic heterocycles.